The first kappa shape index (κ1) is 14.4. The molecule has 0 saturated heterocycles. The SMILES string of the molecule is CC(C)COc1ccc(C2CCC(C)CC2)cc1F. The number of benzene rings is 1. The highest BCUT2D eigenvalue weighted by Gasteiger charge is 2.20. The van der Waals surface area contributed by atoms with Gasteiger partial charge >= 0.3 is 0 Å². The first-order valence-electron chi connectivity index (χ1n) is 7.48. The van der Waals surface area contributed by atoms with Gasteiger partial charge in [0.15, 0.2) is 11.6 Å². The number of rotatable bonds is 4. The molecule has 0 atom stereocenters. The van der Waals surface area contributed by atoms with Crippen LogP contribution in [-0.4, -0.2) is 6.61 Å². The standard InChI is InChI=1S/C17H25FO/c1-12(2)11-19-17-9-8-15(10-16(17)18)14-6-4-13(3)5-7-14/h8-10,12-14H,4-7,11H2,1-3H3. The summed E-state index contributed by atoms with van der Waals surface area (Å²) in [4.78, 5) is 0. The smallest absolute Gasteiger partial charge is 0.165 e. The summed E-state index contributed by atoms with van der Waals surface area (Å²) in [6.07, 6.45) is 4.90. The molecule has 0 radical (unpaired) electrons. The maximum atomic E-state index is 14.0. The highest BCUT2D eigenvalue weighted by atomic mass is 19.1. The molecule has 1 aliphatic carbocycles. The van der Waals surface area contributed by atoms with Crippen LogP contribution in [0.25, 0.3) is 0 Å². The minimum absolute atomic E-state index is 0.211. The molecule has 2 rings (SSSR count). The Morgan fingerprint density at radius 2 is 1.89 bits per heavy atom. The van der Waals surface area contributed by atoms with Crippen LogP contribution in [0.5, 0.6) is 5.75 Å². The van der Waals surface area contributed by atoms with E-state index in [9.17, 15) is 4.39 Å². The molecule has 1 saturated carbocycles. The largest absolute Gasteiger partial charge is 0.490 e. The summed E-state index contributed by atoms with van der Waals surface area (Å²) >= 11 is 0. The van der Waals surface area contributed by atoms with Crippen molar-refractivity contribution in [1.29, 1.82) is 0 Å². The third-order valence-electron chi connectivity index (χ3n) is 4.02. The molecule has 0 aromatic heterocycles. The molecule has 19 heavy (non-hydrogen) atoms. The van der Waals surface area contributed by atoms with Gasteiger partial charge in [-0.2, -0.15) is 0 Å². The van der Waals surface area contributed by atoms with Crippen LogP contribution < -0.4 is 4.74 Å². The van der Waals surface area contributed by atoms with Gasteiger partial charge in [0.25, 0.3) is 0 Å². The number of hydrogen-bond acceptors (Lipinski definition) is 1. The number of halogens is 1. The molecular formula is C17H25FO. The summed E-state index contributed by atoms with van der Waals surface area (Å²) in [6, 6.07) is 5.51. The average Bonchev–Trinajstić information content (AvgIpc) is 2.38. The van der Waals surface area contributed by atoms with E-state index >= 15 is 0 Å². The minimum Gasteiger partial charge on any atom is -0.490 e. The summed E-state index contributed by atoms with van der Waals surface area (Å²) in [6.45, 7) is 7.00. The zero-order valence-corrected chi connectivity index (χ0v) is 12.3. The van der Waals surface area contributed by atoms with Crippen LogP contribution in [0.15, 0.2) is 18.2 Å². The Morgan fingerprint density at radius 1 is 1.21 bits per heavy atom. The number of ether oxygens (including phenoxy) is 1. The van der Waals surface area contributed by atoms with Crippen molar-refractivity contribution >= 4 is 0 Å². The van der Waals surface area contributed by atoms with E-state index in [1.165, 1.54) is 25.7 Å². The van der Waals surface area contributed by atoms with Gasteiger partial charge in [0.2, 0.25) is 0 Å². The van der Waals surface area contributed by atoms with E-state index in [1.54, 1.807) is 12.1 Å². The van der Waals surface area contributed by atoms with Crippen molar-refractivity contribution in [1.82, 2.24) is 0 Å². The fourth-order valence-corrected chi connectivity index (χ4v) is 2.74. The van der Waals surface area contributed by atoms with Gasteiger partial charge in [0, 0.05) is 0 Å². The Balaban J connectivity index is 2.02. The lowest BCUT2D eigenvalue weighted by Gasteiger charge is -2.26. The highest BCUT2D eigenvalue weighted by Crippen LogP contribution is 2.36. The predicted molar refractivity (Wildman–Crippen MR) is 77.1 cm³/mol. The van der Waals surface area contributed by atoms with Gasteiger partial charge in [0.1, 0.15) is 0 Å². The monoisotopic (exact) mass is 264 g/mol. The lowest BCUT2D eigenvalue weighted by Crippen LogP contribution is -2.11. The van der Waals surface area contributed by atoms with Crippen molar-refractivity contribution in [3.8, 4) is 5.75 Å². The van der Waals surface area contributed by atoms with Gasteiger partial charge in [-0.25, -0.2) is 4.39 Å². The fourth-order valence-electron chi connectivity index (χ4n) is 2.74. The Bertz CT molecular complexity index is 406. The van der Waals surface area contributed by atoms with Crippen LogP contribution in [0.1, 0.15) is 57.9 Å². The molecule has 1 aliphatic rings. The zero-order chi connectivity index (χ0) is 13.8. The Kier molecular flexibility index (Phi) is 4.84. The average molecular weight is 264 g/mol. The Labute approximate surface area is 116 Å². The molecule has 0 heterocycles. The molecule has 0 unspecified atom stereocenters. The van der Waals surface area contributed by atoms with E-state index in [1.807, 2.05) is 6.07 Å². The fraction of sp³-hybridized carbons (Fsp3) is 0.647. The van der Waals surface area contributed by atoms with Gasteiger partial charge in [-0.15, -0.1) is 0 Å². The van der Waals surface area contributed by atoms with Gasteiger partial charge in [-0.05, 0) is 48.3 Å². The van der Waals surface area contributed by atoms with E-state index in [2.05, 4.69) is 20.8 Å². The molecule has 0 N–H and O–H groups in total. The molecule has 1 fully saturated rings. The summed E-state index contributed by atoms with van der Waals surface area (Å²) in [5, 5.41) is 0. The highest BCUT2D eigenvalue weighted by molar-refractivity contribution is 5.31. The molecule has 0 bridgehead atoms. The van der Waals surface area contributed by atoms with Crippen LogP contribution in [-0.2, 0) is 0 Å². The maximum Gasteiger partial charge on any atom is 0.165 e. The minimum atomic E-state index is -0.211. The van der Waals surface area contributed by atoms with Crippen molar-refractivity contribution < 1.29 is 9.13 Å². The van der Waals surface area contributed by atoms with Crippen molar-refractivity contribution in [2.75, 3.05) is 6.61 Å². The molecule has 0 spiro atoms. The molecule has 1 aromatic rings. The predicted octanol–water partition coefficient (Wildman–Crippen LogP) is 5.15. The lowest BCUT2D eigenvalue weighted by atomic mass is 9.79. The molecule has 0 aliphatic heterocycles. The second-order valence-corrected chi connectivity index (χ2v) is 6.35. The molecule has 106 valence electrons. The van der Waals surface area contributed by atoms with E-state index in [0.717, 1.165) is 11.5 Å². The van der Waals surface area contributed by atoms with Crippen LogP contribution in [0, 0.1) is 17.7 Å². The summed E-state index contributed by atoms with van der Waals surface area (Å²) in [5.74, 6) is 1.96. The molecule has 0 amide bonds. The molecule has 2 heteroatoms. The lowest BCUT2D eigenvalue weighted by molar-refractivity contribution is 0.259. The topological polar surface area (TPSA) is 9.23 Å². The van der Waals surface area contributed by atoms with Crippen LogP contribution in [0.2, 0.25) is 0 Å². The first-order chi connectivity index (χ1) is 9.06. The van der Waals surface area contributed by atoms with Gasteiger partial charge < -0.3 is 4.74 Å². The van der Waals surface area contributed by atoms with Crippen molar-refractivity contribution in [3.05, 3.63) is 29.6 Å². The van der Waals surface area contributed by atoms with Crippen LogP contribution >= 0.6 is 0 Å². The summed E-state index contributed by atoms with van der Waals surface area (Å²) in [5.41, 5.74) is 1.14. The third kappa shape index (κ3) is 3.95. The second-order valence-electron chi connectivity index (χ2n) is 6.35. The van der Waals surface area contributed by atoms with Gasteiger partial charge in [0.05, 0.1) is 6.61 Å². The van der Waals surface area contributed by atoms with Crippen LogP contribution in [0.3, 0.4) is 0 Å². The maximum absolute atomic E-state index is 14.0. The van der Waals surface area contributed by atoms with E-state index in [4.69, 9.17) is 4.74 Å². The van der Waals surface area contributed by atoms with Crippen molar-refractivity contribution in [2.45, 2.75) is 52.4 Å². The summed E-state index contributed by atoms with van der Waals surface area (Å²) < 4.78 is 19.5. The molecular weight excluding hydrogens is 239 g/mol. The quantitative estimate of drug-likeness (QED) is 0.730. The van der Waals surface area contributed by atoms with Crippen molar-refractivity contribution in [2.24, 2.45) is 11.8 Å². The summed E-state index contributed by atoms with van der Waals surface area (Å²) in [7, 11) is 0. The van der Waals surface area contributed by atoms with E-state index in [-0.39, 0.29) is 5.82 Å². The van der Waals surface area contributed by atoms with E-state index in [0.29, 0.717) is 24.2 Å². The first-order valence-corrected chi connectivity index (χ1v) is 7.48. The van der Waals surface area contributed by atoms with Crippen molar-refractivity contribution in [3.63, 3.8) is 0 Å². The van der Waals surface area contributed by atoms with E-state index < -0.39 is 0 Å². The third-order valence-corrected chi connectivity index (χ3v) is 4.02. The zero-order valence-electron chi connectivity index (χ0n) is 12.3. The normalized spacial score (nSPS) is 23.6. The number of hydrogen-bond donors (Lipinski definition) is 0. The van der Waals surface area contributed by atoms with Gasteiger partial charge in [-0.1, -0.05) is 39.7 Å². The van der Waals surface area contributed by atoms with Gasteiger partial charge in [-0.3, -0.25) is 0 Å². The Hall–Kier alpha value is -1.05. The molecule has 1 nitrogen and oxygen atoms in total. The Morgan fingerprint density at radius 3 is 2.47 bits per heavy atom. The molecule has 1 aromatic carbocycles. The van der Waals surface area contributed by atoms with Crippen LogP contribution in [0.4, 0.5) is 4.39 Å². The second kappa shape index (κ2) is 6.40.